The van der Waals surface area contributed by atoms with Crippen LogP contribution in [0.25, 0.3) is 0 Å². The van der Waals surface area contributed by atoms with E-state index in [1.54, 1.807) is 0 Å². The normalized spacial score (nSPS) is 30.5. The lowest BCUT2D eigenvalue weighted by Crippen LogP contribution is -2.56. The van der Waals surface area contributed by atoms with E-state index in [0.717, 1.165) is 7.11 Å². The topological polar surface area (TPSA) is 139 Å². The Morgan fingerprint density at radius 1 is 1.42 bits per heavy atom. The standard InChI is InChI=1S/C8H15NO6P.CH4O.Al/c10-4-9-8-7(12)6(11)3-5(15-8)1-2-16(13)14;1-2;/h5-8,11-14H,1-3H2,(H,9,10);2H,1H3;. The second-order valence-electron chi connectivity index (χ2n) is 3.87. The molecule has 1 amide bonds. The molecule has 0 aromatic rings. The second kappa shape index (κ2) is 10.00. The minimum atomic E-state index is -2.00. The van der Waals surface area contributed by atoms with Crippen molar-refractivity contribution in [2.75, 3.05) is 13.3 Å². The molecule has 1 fully saturated rings. The predicted molar refractivity (Wildman–Crippen MR) is 68.6 cm³/mol. The molecule has 4 unspecified atom stereocenters. The quantitative estimate of drug-likeness (QED) is 0.260. The first-order valence-electron chi connectivity index (χ1n) is 5.57. The van der Waals surface area contributed by atoms with Crippen LogP contribution in [0.15, 0.2) is 0 Å². The highest BCUT2D eigenvalue weighted by Gasteiger charge is 2.36. The van der Waals surface area contributed by atoms with Crippen molar-refractivity contribution < 1.29 is 34.6 Å². The third-order valence-electron chi connectivity index (χ3n) is 2.48. The zero-order chi connectivity index (χ0) is 15.0. The van der Waals surface area contributed by atoms with Gasteiger partial charge < -0.3 is 40.0 Å². The smallest absolute Gasteiger partial charge is 0.281 e. The lowest BCUT2D eigenvalue weighted by Gasteiger charge is -2.37. The fourth-order valence-electron chi connectivity index (χ4n) is 1.66. The molecule has 10 heteroatoms. The Balaban J connectivity index is 0.00000154. The van der Waals surface area contributed by atoms with Gasteiger partial charge in [-0.25, -0.2) is 0 Å². The monoisotopic (exact) mass is 311 g/mol. The molecule has 0 spiro atoms. The van der Waals surface area contributed by atoms with Gasteiger partial charge in [-0.1, -0.05) is 0 Å². The zero-order valence-corrected chi connectivity index (χ0v) is 12.6. The van der Waals surface area contributed by atoms with Crippen molar-refractivity contribution in [2.45, 2.75) is 37.4 Å². The molecule has 19 heavy (non-hydrogen) atoms. The van der Waals surface area contributed by atoms with Crippen molar-refractivity contribution >= 4 is 29.4 Å². The van der Waals surface area contributed by atoms with Gasteiger partial charge in [0.1, 0.15) is 6.10 Å². The van der Waals surface area contributed by atoms with Crippen LogP contribution in [0.3, 0.4) is 0 Å². The van der Waals surface area contributed by atoms with Gasteiger partial charge >= 0.3 is 0 Å². The maximum Gasteiger partial charge on any atom is 0.281 e. The number of aliphatic hydroxyl groups is 3. The minimum absolute atomic E-state index is 0.171. The molecule has 1 aliphatic rings. The highest BCUT2D eigenvalue weighted by molar-refractivity contribution is 7.45. The van der Waals surface area contributed by atoms with Crippen molar-refractivity contribution in [3.05, 3.63) is 0 Å². The van der Waals surface area contributed by atoms with Gasteiger partial charge in [0.2, 0.25) is 0 Å². The number of aliphatic hydroxyl groups excluding tert-OH is 3. The number of ether oxygens (including phenoxy) is 1. The number of rotatable bonds is 4. The third kappa shape index (κ3) is 7.52. The van der Waals surface area contributed by atoms with Gasteiger partial charge in [-0.2, -0.15) is 0 Å². The largest absolute Gasteiger partial charge is 0.400 e. The molecule has 0 aliphatic carbocycles. The highest BCUT2D eigenvalue weighted by atomic mass is 31.2. The molecule has 4 atom stereocenters. The molecule has 1 heterocycles. The van der Waals surface area contributed by atoms with E-state index in [4.69, 9.17) is 19.6 Å². The first kappa shape index (κ1) is 19.2. The van der Waals surface area contributed by atoms with Gasteiger partial charge in [-0.15, -0.1) is 0 Å². The number of hydrogen-bond acceptors (Lipinski definition) is 7. The van der Waals surface area contributed by atoms with Crippen LogP contribution in [-0.4, -0.2) is 84.0 Å². The Kier molecular flexibility index (Phi) is 10.1. The number of carbonyl (C=O) groups is 1. The van der Waals surface area contributed by atoms with Crippen LogP contribution in [0.5, 0.6) is 0 Å². The number of hydrogen-bond donors (Lipinski definition) is 6. The maximum absolute atomic E-state index is 10.8. The van der Waals surface area contributed by atoms with Crippen LogP contribution >= 0.6 is 8.38 Å². The molecule has 0 aromatic heterocycles. The van der Waals surface area contributed by atoms with Crippen LogP contribution in [-0.2, 0) is 4.74 Å². The molecule has 8 nitrogen and oxygen atoms in total. The molecule has 0 saturated carbocycles. The summed E-state index contributed by atoms with van der Waals surface area (Å²) in [7, 11) is -0.997. The molecule has 0 bridgehead atoms. The average molecular weight is 311 g/mol. The summed E-state index contributed by atoms with van der Waals surface area (Å²) in [5.74, 6) is 0. The average Bonchev–Trinajstić information content (AvgIpc) is 2.34. The number of amides is 1. The van der Waals surface area contributed by atoms with Gasteiger partial charge in [-0.3, -0.25) is 0 Å². The fourth-order valence-corrected chi connectivity index (χ4v) is 2.34. The summed E-state index contributed by atoms with van der Waals surface area (Å²) < 4.78 is 4.91. The van der Waals surface area contributed by atoms with Gasteiger partial charge in [0.25, 0.3) is 16.3 Å². The van der Waals surface area contributed by atoms with Crippen molar-refractivity contribution in [3.8, 4) is 0 Å². The summed E-state index contributed by atoms with van der Waals surface area (Å²) in [5.41, 5.74) is 0. The Labute approximate surface area is 120 Å². The van der Waals surface area contributed by atoms with E-state index in [2.05, 4.69) is 5.32 Å². The molecule has 110 valence electrons. The summed E-state index contributed by atoms with van der Waals surface area (Å²) in [4.78, 5) is 28.4. The van der Waals surface area contributed by atoms with E-state index in [1.165, 1.54) is 0 Å². The van der Waals surface area contributed by atoms with Gasteiger partial charge in [0, 0.05) is 19.7 Å². The summed E-state index contributed by atoms with van der Waals surface area (Å²) in [6.07, 6.45) is -2.85. The van der Waals surface area contributed by atoms with Crippen molar-refractivity contribution in [1.29, 1.82) is 0 Å². The van der Waals surface area contributed by atoms with Crippen molar-refractivity contribution in [2.24, 2.45) is 0 Å². The lowest BCUT2D eigenvalue weighted by molar-refractivity contribution is -0.174. The minimum Gasteiger partial charge on any atom is -0.400 e. The summed E-state index contributed by atoms with van der Waals surface area (Å²) >= 11 is 1.89. The van der Waals surface area contributed by atoms with E-state index < -0.39 is 37.7 Å². The summed E-state index contributed by atoms with van der Waals surface area (Å²) in [5, 5.41) is 28.5. The van der Waals surface area contributed by atoms with E-state index >= 15 is 0 Å². The van der Waals surface area contributed by atoms with Gasteiger partial charge in [0.15, 0.2) is 14.6 Å². The Hall–Kier alpha value is 0.192. The predicted octanol–water partition coefficient (Wildman–Crippen LogP) is -2.00. The molecular weight excluding hydrogens is 292 g/mol. The molecule has 1 rings (SSSR count). The van der Waals surface area contributed by atoms with Crippen LogP contribution in [0, 0.1) is 0 Å². The van der Waals surface area contributed by atoms with Crippen LogP contribution in [0.1, 0.15) is 12.8 Å². The van der Waals surface area contributed by atoms with E-state index in [0.29, 0.717) is 6.42 Å². The fraction of sp³-hybridized carbons (Fsp3) is 0.889. The maximum atomic E-state index is 10.8. The van der Waals surface area contributed by atoms with E-state index in [1.807, 2.05) is 16.3 Å². The molecule has 6 N–H and O–H groups in total. The Morgan fingerprint density at radius 3 is 2.47 bits per heavy atom. The molecule has 1 saturated heterocycles. The Morgan fingerprint density at radius 2 is 2.00 bits per heavy atom. The van der Waals surface area contributed by atoms with E-state index in [-0.39, 0.29) is 12.6 Å². The highest BCUT2D eigenvalue weighted by Crippen LogP contribution is 2.28. The zero-order valence-electron chi connectivity index (χ0n) is 10.5. The first-order chi connectivity index (χ1) is 8.90. The lowest BCUT2D eigenvalue weighted by atomic mass is 10.00. The van der Waals surface area contributed by atoms with Crippen LogP contribution in [0.2, 0.25) is 0 Å². The van der Waals surface area contributed by atoms with E-state index in [9.17, 15) is 15.0 Å². The number of nitrogens with one attached hydrogen (secondary N) is 1. The summed E-state index contributed by atoms with van der Waals surface area (Å²) in [6, 6.07) is 0. The second-order valence-corrected chi connectivity index (χ2v) is 5.58. The Bertz CT molecular complexity index is 271. The van der Waals surface area contributed by atoms with Crippen molar-refractivity contribution in [3.63, 3.8) is 0 Å². The molecule has 0 aromatic carbocycles. The first-order valence-corrected chi connectivity index (χ1v) is 7.58. The van der Waals surface area contributed by atoms with Crippen LogP contribution < -0.4 is 5.32 Å². The SMILES string of the molecule is CO.O=[C]([Al])NC1OC(CCP(O)O)CC(O)C1O. The molecular formula is C9H19AlNO7P. The van der Waals surface area contributed by atoms with Gasteiger partial charge in [0.05, 0.1) is 17.0 Å². The summed E-state index contributed by atoms with van der Waals surface area (Å²) in [6.45, 7) is 0. The van der Waals surface area contributed by atoms with Crippen LogP contribution in [0.4, 0.5) is 4.79 Å². The third-order valence-corrected chi connectivity index (χ3v) is 3.31. The van der Waals surface area contributed by atoms with Crippen molar-refractivity contribution in [1.82, 2.24) is 5.32 Å². The molecule has 2 radical (unpaired) electrons. The number of carbonyl (C=O) groups excluding carboxylic acids is 1. The molecule has 1 aliphatic heterocycles. The van der Waals surface area contributed by atoms with Gasteiger partial charge in [-0.05, 0) is 6.42 Å².